The molecule has 4 fully saturated rings. The number of hydrogen-bond acceptors (Lipinski definition) is 2. The van der Waals surface area contributed by atoms with Crippen molar-refractivity contribution in [1.82, 2.24) is 4.90 Å². The third-order valence-corrected chi connectivity index (χ3v) is 7.88. The lowest BCUT2D eigenvalue weighted by atomic mass is 9.63. The first-order chi connectivity index (χ1) is 10.8. The Labute approximate surface area is 132 Å². The number of likely N-dealkylation sites (tertiary alicyclic amines) is 1. The van der Waals surface area contributed by atoms with Crippen LogP contribution in [0.5, 0.6) is 5.75 Å². The van der Waals surface area contributed by atoms with Gasteiger partial charge in [0.25, 0.3) is 0 Å². The molecule has 6 rings (SSSR count). The van der Waals surface area contributed by atoms with Gasteiger partial charge in [-0.2, -0.15) is 0 Å². The molecule has 2 unspecified atom stereocenters. The molecular formula is C20H25NO. The van der Waals surface area contributed by atoms with Crippen LogP contribution in [0.15, 0.2) is 18.2 Å². The Hall–Kier alpha value is -1.02. The van der Waals surface area contributed by atoms with Crippen LogP contribution in [0.1, 0.15) is 62.5 Å². The molecule has 0 amide bonds. The van der Waals surface area contributed by atoms with E-state index in [2.05, 4.69) is 30.1 Å². The first-order valence-electron chi connectivity index (χ1n) is 9.30. The van der Waals surface area contributed by atoms with Crippen molar-refractivity contribution in [3.63, 3.8) is 0 Å². The molecule has 4 aliphatic carbocycles. The first-order valence-corrected chi connectivity index (χ1v) is 9.30. The molecule has 0 N–H and O–H groups in total. The van der Waals surface area contributed by atoms with Crippen LogP contribution in [0.3, 0.4) is 0 Å². The molecule has 5 aliphatic rings. The molecule has 1 aromatic rings. The van der Waals surface area contributed by atoms with Gasteiger partial charge in [0.1, 0.15) is 5.75 Å². The quantitative estimate of drug-likeness (QED) is 0.765. The monoisotopic (exact) mass is 295 g/mol. The second kappa shape index (κ2) is 3.72. The van der Waals surface area contributed by atoms with Gasteiger partial charge in [-0.3, -0.25) is 4.90 Å². The fraction of sp³-hybridized carbons (Fsp3) is 0.700. The Bertz CT molecular complexity index is 666. The van der Waals surface area contributed by atoms with Gasteiger partial charge >= 0.3 is 0 Å². The molecule has 1 aromatic carbocycles. The Morgan fingerprint density at radius 3 is 2.82 bits per heavy atom. The summed E-state index contributed by atoms with van der Waals surface area (Å²) in [4.78, 5) is 2.68. The molecule has 1 heterocycles. The minimum atomic E-state index is 0.416. The summed E-state index contributed by atoms with van der Waals surface area (Å²) in [6, 6.07) is 7.96. The summed E-state index contributed by atoms with van der Waals surface area (Å²) in [6.45, 7) is 0. The summed E-state index contributed by atoms with van der Waals surface area (Å²) in [6.07, 6.45) is 11.5. The summed E-state index contributed by atoms with van der Waals surface area (Å²) >= 11 is 0. The van der Waals surface area contributed by atoms with Crippen LogP contribution in [0.25, 0.3) is 0 Å². The summed E-state index contributed by atoms with van der Waals surface area (Å²) in [7, 11) is 2.36. The fourth-order valence-corrected chi connectivity index (χ4v) is 6.70. The van der Waals surface area contributed by atoms with E-state index in [0.29, 0.717) is 17.1 Å². The average Bonchev–Trinajstić information content (AvgIpc) is 2.86. The third kappa shape index (κ3) is 1.18. The lowest BCUT2D eigenvalue weighted by Crippen LogP contribution is -2.38. The Balaban J connectivity index is 1.47. The molecule has 3 saturated carbocycles. The van der Waals surface area contributed by atoms with Crippen LogP contribution in [0, 0.1) is 5.92 Å². The van der Waals surface area contributed by atoms with Crippen molar-refractivity contribution < 1.29 is 4.74 Å². The Morgan fingerprint density at radius 2 is 2.00 bits per heavy atom. The van der Waals surface area contributed by atoms with Crippen LogP contribution < -0.4 is 4.74 Å². The molecule has 5 atom stereocenters. The van der Waals surface area contributed by atoms with Crippen molar-refractivity contribution in [2.45, 2.75) is 74.5 Å². The Kier molecular flexibility index (Phi) is 2.10. The molecule has 2 nitrogen and oxygen atoms in total. The van der Waals surface area contributed by atoms with E-state index in [0.717, 1.165) is 17.7 Å². The molecule has 1 saturated heterocycles. The van der Waals surface area contributed by atoms with Gasteiger partial charge < -0.3 is 4.74 Å². The molecule has 0 aromatic heterocycles. The molecule has 2 spiro atoms. The van der Waals surface area contributed by atoms with E-state index in [-0.39, 0.29) is 0 Å². The number of nitrogens with zero attached hydrogens (tertiary/aromatic N) is 1. The third-order valence-electron chi connectivity index (χ3n) is 7.88. The maximum atomic E-state index is 6.22. The molecule has 116 valence electrons. The van der Waals surface area contributed by atoms with Gasteiger partial charge in [0.2, 0.25) is 0 Å². The van der Waals surface area contributed by atoms with Crippen molar-refractivity contribution in [2.24, 2.45) is 5.92 Å². The highest BCUT2D eigenvalue weighted by atomic mass is 16.5. The molecule has 2 heteroatoms. The van der Waals surface area contributed by atoms with Gasteiger partial charge in [-0.05, 0) is 74.8 Å². The maximum Gasteiger partial charge on any atom is 0.120 e. The predicted octanol–water partition coefficient (Wildman–Crippen LogP) is 3.97. The Morgan fingerprint density at radius 1 is 1.09 bits per heavy atom. The molecular weight excluding hydrogens is 270 g/mol. The van der Waals surface area contributed by atoms with Gasteiger partial charge in [0, 0.05) is 11.5 Å². The van der Waals surface area contributed by atoms with Crippen molar-refractivity contribution in [1.29, 1.82) is 0 Å². The van der Waals surface area contributed by atoms with Gasteiger partial charge in [-0.1, -0.05) is 18.9 Å². The lowest BCUT2D eigenvalue weighted by Gasteiger charge is -2.41. The van der Waals surface area contributed by atoms with Crippen LogP contribution in [0.4, 0.5) is 0 Å². The van der Waals surface area contributed by atoms with Crippen LogP contribution in [-0.2, 0) is 11.0 Å². The van der Waals surface area contributed by atoms with E-state index in [1.54, 1.807) is 11.1 Å². The number of rotatable bonds is 2. The largest absolute Gasteiger partial charge is 0.490 e. The number of ether oxygens (including phenoxy) is 1. The zero-order valence-corrected chi connectivity index (χ0v) is 13.5. The topological polar surface area (TPSA) is 12.2 Å². The van der Waals surface area contributed by atoms with Crippen molar-refractivity contribution in [3.05, 3.63) is 29.3 Å². The summed E-state index contributed by atoms with van der Waals surface area (Å²) in [5, 5.41) is 0. The zero-order valence-electron chi connectivity index (χ0n) is 13.5. The smallest absolute Gasteiger partial charge is 0.120 e. The zero-order chi connectivity index (χ0) is 14.5. The molecule has 22 heavy (non-hydrogen) atoms. The first kappa shape index (κ1) is 12.4. The van der Waals surface area contributed by atoms with E-state index in [9.17, 15) is 0 Å². The fourth-order valence-electron chi connectivity index (χ4n) is 6.70. The second-order valence-electron chi connectivity index (χ2n) is 8.54. The second-order valence-corrected chi connectivity index (χ2v) is 8.54. The van der Waals surface area contributed by atoms with Crippen LogP contribution >= 0.6 is 0 Å². The number of piperidine rings is 1. The van der Waals surface area contributed by atoms with Crippen molar-refractivity contribution >= 4 is 0 Å². The van der Waals surface area contributed by atoms with Crippen molar-refractivity contribution in [2.75, 3.05) is 7.05 Å². The highest BCUT2D eigenvalue weighted by Gasteiger charge is 2.80. The van der Waals surface area contributed by atoms with E-state index >= 15 is 0 Å². The summed E-state index contributed by atoms with van der Waals surface area (Å²) < 4.78 is 6.22. The van der Waals surface area contributed by atoms with E-state index in [1.807, 2.05) is 0 Å². The van der Waals surface area contributed by atoms with E-state index in [1.165, 1.54) is 51.4 Å². The lowest BCUT2D eigenvalue weighted by molar-refractivity contribution is 0.119. The van der Waals surface area contributed by atoms with Gasteiger partial charge in [-0.25, -0.2) is 0 Å². The standard InChI is InChI=1S/C20H25NO/c1-21-18-16-7-2-3-10-19(16)12-20(18,21)15-9-8-14(11-17(15)19)22-13-5-4-6-13/h8-9,11,13,16,18H,2-7,10,12H2,1H3/t16-,18-,19+,20?,21?/m1/s1. The molecule has 0 radical (unpaired) electrons. The van der Waals surface area contributed by atoms with Crippen LogP contribution in [-0.4, -0.2) is 24.1 Å². The number of hydrogen-bond donors (Lipinski definition) is 0. The molecule has 2 bridgehead atoms. The van der Waals surface area contributed by atoms with Gasteiger partial charge in [0.05, 0.1) is 11.6 Å². The van der Waals surface area contributed by atoms with Crippen molar-refractivity contribution in [3.8, 4) is 5.75 Å². The van der Waals surface area contributed by atoms with Gasteiger partial charge in [0.15, 0.2) is 0 Å². The molecule has 1 aliphatic heterocycles. The number of benzene rings is 1. The minimum absolute atomic E-state index is 0.416. The minimum Gasteiger partial charge on any atom is -0.490 e. The normalized spacial score (nSPS) is 47.4. The highest BCUT2D eigenvalue weighted by molar-refractivity contribution is 5.59. The summed E-state index contributed by atoms with van der Waals surface area (Å²) in [5.41, 5.74) is 4.25. The van der Waals surface area contributed by atoms with Gasteiger partial charge in [-0.15, -0.1) is 0 Å². The maximum absolute atomic E-state index is 6.22. The van der Waals surface area contributed by atoms with E-state index < -0.39 is 0 Å². The number of likely N-dealkylation sites (N-methyl/N-ethyl adjacent to an activating group) is 1. The highest BCUT2D eigenvalue weighted by Crippen LogP contribution is 2.77. The summed E-state index contributed by atoms with van der Waals surface area (Å²) in [5.74, 6) is 2.06. The number of fused-ring (bicyclic) bond motifs is 2. The van der Waals surface area contributed by atoms with E-state index in [4.69, 9.17) is 4.74 Å². The van der Waals surface area contributed by atoms with Crippen LogP contribution in [0.2, 0.25) is 0 Å². The SMILES string of the molecule is CN1[C@@H]2[C@H]3CCCC[C@]34CC21c1ccc(OC2CCC2)cc14. The average molecular weight is 295 g/mol. The predicted molar refractivity (Wildman–Crippen MR) is 86.2 cm³/mol.